The van der Waals surface area contributed by atoms with Gasteiger partial charge in [-0.05, 0) is 19.2 Å². The van der Waals surface area contributed by atoms with E-state index < -0.39 is 6.10 Å². The van der Waals surface area contributed by atoms with E-state index in [1.165, 1.54) is 0 Å². The molecule has 0 saturated heterocycles. The van der Waals surface area contributed by atoms with Crippen molar-refractivity contribution in [2.24, 2.45) is 0 Å². The maximum atomic E-state index is 12.0. The fraction of sp³-hybridized carbons (Fsp3) is 0.462. The monoisotopic (exact) mass is 250 g/mol. The number of benzene rings is 1. The van der Waals surface area contributed by atoms with Gasteiger partial charge in [0.1, 0.15) is 5.75 Å². The second kappa shape index (κ2) is 5.84. The number of para-hydroxylation sites is 2. The Balaban J connectivity index is 2.22. The zero-order valence-electron chi connectivity index (χ0n) is 10.4. The van der Waals surface area contributed by atoms with E-state index in [1.54, 1.807) is 11.9 Å². The second-order valence-electron chi connectivity index (χ2n) is 4.28. The minimum atomic E-state index is -0.592. The first kappa shape index (κ1) is 12.9. The first-order chi connectivity index (χ1) is 8.72. The van der Waals surface area contributed by atoms with Crippen LogP contribution >= 0.6 is 0 Å². The van der Waals surface area contributed by atoms with E-state index in [2.05, 4.69) is 5.32 Å². The van der Waals surface area contributed by atoms with Crippen LogP contribution in [0.5, 0.6) is 5.75 Å². The van der Waals surface area contributed by atoms with Gasteiger partial charge >= 0.3 is 0 Å². The van der Waals surface area contributed by atoms with Gasteiger partial charge in [-0.1, -0.05) is 12.1 Å². The zero-order valence-corrected chi connectivity index (χ0v) is 10.4. The van der Waals surface area contributed by atoms with Gasteiger partial charge in [-0.15, -0.1) is 0 Å². The van der Waals surface area contributed by atoms with Crippen LogP contribution in [0, 0.1) is 0 Å². The molecule has 0 bridgehead atoms. The van der Waals surface area contributed by atoms with E-state index in [0.29, 0.717) is 25.3 Å². The smallest absolute Gasteiger partial charge is 0.230 e. The topological polar surface area (TPSA) is 61.8 Å². The summed E-state index contributed by atoms with van der Waals surface area (Å²) in [5.74, 6) is 0.676. The molecule has 18 heavy (non-hydrogen) atoms. The van der Waals surface area contributed by atoms with Crippen LogP contribution in [0.15, 0.2) is 24.3 Å². The highest BCUT2D eigenvalue weighted by Gasteiger charge is 2.24. The predicted molar refractivity (Wildman–Crippen MR) is 68.8 cm³/mol. The lowest BCUT2D eigenvalue weighted by Gasteiger charge is -2.24. The summed E-state index contributed by atoms with van der Waals surface area (Å²) in [6, 6.07) is 7.41. The number of fused-ring (bicyclic) bond motifs is 1. The largest absolute Gasteiger partial charge is 0.491 e. The summed E-state index contributed by atoms with van der Waals surface area (Å²) in [5, 5.41) is 12.7. The summed E-state index contributed by atoms with van der Waals surface area (Å²) in [6.45, 7) is 1.11. The molecule has 0 spiro atoms. The standard InChI is InChI=1S/C13H18N2O3/c1-14-8-10(16)9-15-11-4-2-3-5-12(11)18-7-6-13(15)17/h2-5,10,14,16H,6-9H2,1H3. The third-order valence-corrected chi connectivity index (χ3v) is 2.86. The van der Waals surface area contributed by atoms with Gasteiger partial charge in [-0.25, -0.2) is 0 Å². The van der Waals surface area contributed by atoms with E-state index in [1.807, 2.05) is 24.3 Å². The zero-order chi connectivity index (χ0) is 13.0. The number of aliphatic hydroxyl groups excluding tert-OH is 1. The molecule has 2 rings (SSSR count). The molecule has 5 heteroatoms. The Kier molecular flexibility index (Phi) is 4.17. The molecule has 1 amide bonds. The maximum Gasteiger partial charge on any atom is 0.230 e. The summed E-state index contributed by atoms with van der Waals surface area (Å²) < 4.78 is 5.53. The van der Waals surface area contributed by atoms with Gasteiger partial charge in [0.05, 0.1) is 31.4 Å². The molecule has 1 aromatic carbocycles. The first-order valence-electron chi connectivity index (χ1n) is 6.07. The molecule has 2 N–H and O–H groups in total. The van der Waals surface area contributed by atoms with Crippen LogP contribution in [0.25, 0.3) is 0 Å². The Morgan fingerprint density at radius 3 is 3.06 bits per heavy atom. The lowest BCUT2D eigenvalue weighted by atomic mass is 10.2. The van der Waals surface area contributed by atoms with Crippen molar-refractivity contribution in [3.05, 3.63) is 24.3 Å². The minimum Gasteiger partial charge on any atom is -0.491 e. The van der Waals surface area contributed by atoms with E-state index in [-0.39, 0.29) is 12.5 Å². The van der Waals surface area contributed by atoms with Crippen molar-refractivity contribution in [3.63, 3.8) is 0 Å². The Hall–Kier alpha value is -1.59. The SMILES string of the molecule is CNCC(O)CN1C(=O)CCOc2ccccc21. The molecule has 1 aliphatic rings. The lowest BCUT2D eigenvalue weighted by molar-refractivity contribution is -0.119. The predicted octanol–water partition coefficient (Wildman–Crippen LogP) is 0.382. The second-order valence-corrected chi connectivity index (χ2v) is 4.28. The van der Waals surface area contributed by atoms with E-state index in [0.717, 1.165) is 5.69 Å². The quantitative estimate of drug-likeness (QED) is 0.811. The molecule has 1 aliphatic heterocycles. The third kappa shape index (κ3) is 2.80. The number of ether oxygens (including phenoxy) is 1. The molecule has 1 unspecified atom stereocenters. The van der Waals surface area contributed by atoms with Gasteiger partial charge in [-0.2, -0.15) is 0 Å². The summed E-state index contributed by atoms with van der Waals surface area (Å²) in [5.41, 5.74) is 0.732. The molecule has 0 radical (unpaired) electrons. The molecule has 1 aromatic rings. The molecule has 0 saturated carbocycles. The number of amides is 1. The molecule has 98 valence electrons. The normalized spacial score (nSPS) is 16.8. The Morgan fingerprint density at radius 1 is 1.50 bits per heavy atom. The average Bonchev–Trinajstić information content (AvgIpc) is 2.51. The fourth-order valence-electron chi connectivity index (χ4n) is 2.03. The number of anilines is 1. The number of carbonyl (C=O) groups is 1. The molecule has 0 aromatic heterocycles. The van der Waals surface area contributed by atoms with Crippen molar-refractivity contribution in [2.75, 3.05) is 31.6 Å². The van der Waals surface area contributed by atoms with Crippen LogP contribution in [0.4, 0.5) is 5.69 Å². The number of hydrogen-bond donors (Lipinski definition) is 2. The highest BCUT2D eigenvalue weighted by Crippen LogP contribution is 2.30. The molecule has 5 nitrogen and oxygen atoms in total. The number of nitrogens with one attached hydrogen (secondary N) is 1. The van der Waals surface area contributed by atoms with Crippen molar-refractivity contribution in [1.82, 2.24) is 5.32 Å². The highest BCUT2D eigenvalue weighted by atomic mass is 16.5. The lowest BCUT2D eigenvalue weighted by Crippen LogP contribution is -2.40. The first-order valence-corrected chi connectivity index (χ1v) is 6.07. The average molecular weight is 250 g/mol. The maximum absolute atomic E-state index is 12.0. The van der Waals surface area contributed by atoms with Crippen molar-refractivity contribution in [1.29, 1.82) is 0 Å². The Labute approximate surface area is 106 Å². The fourth-order valence-corrected chi connectivity index (χ4v) is 2.03. The van der Waals surface area contributed by atoms with Gasteiger partial charge in [0.2, 0.25) is 5.91 Å². The molecular formula is C13H18N2O3. The number of nitrogens with zero attached hydrogens (tertiary/aromatic N) is 1. The van der Waals surface area contributed by atoms with E-state index in [9.17, 15) is 9.90 Å². The molecule has 0 fully saturated rings. The van der Waals surface area contributed by atoms with Gasteiger partial charge in [0, 0.05) is 6.54 Å². The number of likely N-dealkylation sites (N-methyl/N-ethyl adjacent to an activating group) is 1. The van der Waals surface area contributed by atoms with Gasteiger partial charge in [0.25, 0.3) is 0 Å². The summed E-state index contributed by atoms with van der Waals surface area (Å²) in [7, 11) is 1.77. The number of aliphatic hydroxyl groups is 1. The Morgan fingerprint density at radius 2 is 2.28 bits per heavy atom. The molecule has 1 heterocycles. The van der Waals surface area contributed by atoms with Crippen LogP contribution in [0.3, 0.4) is 0 Å². The van der Waals surface area contributed by atoms with Gasteiger partial charge < -0.3 is 20.1 Å². The van der Waals surface area contributed by atoms with Crippen LogP contribution in [-0.2, 0) is 4.79 Å². The van der Waals surface area contributed by atoms with Crippen LogP contribution < -0.4 is 15.0 Å². The number of β-amino-alcohol motifs (C(OH)–C–C–N with tert-alkyl or cyclic N) is 1. The summed E-state index contributed by atoms with van der Waals surface area (Å²) in [4.78, 5) is 13.6. The summed E-state index contributed by atoms with van der Waals surface area (Å²) in [6.07, 6.45) is -0.258. The minimum absolute atomic E-state index is 0.0184. The molecule has 0 aliphatic carbocycles. The van der Waals surface area contributed by atoms with Crippen LogP contribution in [-0.4, -0.2) is 43.9 Å². The summed E-state index contributed by atoms with van der Waals surface area (Å²) >= 11 is 0. The number of carbonyl (C=O) groups excluding carboxylic acids is 1. The Bertz CT molecular complexity index is 422. The van der Waals surface area contributed by atoms with Crippen LogP contribution in [0.1, 0.15) is 6.42 Å². The molecular weight excluding hydrogens is 232 g/mol. The molecule has 1 atom stereocenters. The van der Waals surface area contributed by atoms with Crippen LogP contribution in [0.2, 0.25) is 0 Å². The van der Waals surface area contributed by atoms with Crippen molar-refractivity contribution >= 4 is 11.6 Å². The third-order valence-electron chi connectivity index (χ3n) is 2.86. The number of hydrogen-bond acceptors (Lipinski definition) is 4. The van der Waals surface area contributed by atoms with Crippen molar-refractivity contribution in [3.8, 4) is 5.75 Å². The van der Waals surface area contributed by atoms with Gasteiger partial charge in [0.15, 0.2) is 0 Å². The van der Waals surface area contributed by atoms with Crippen molar-refractivity contribution in [2.45, 2.75) is 12.5 Å². The number of rotatable bonds is 4. The van der Waals surface area contributed by atoms with E-state index in [4.69, 9.17) is 4.74 Å². The van der Waals surface area contributed by atoms with E-state index >= 15 is 0 Å². The highest BCUT2D eigenvalue weighted by molar-refractivity contribution is 5.95. The van der Waals surface area contributed by atoms with Gasteiger partial charge in [-0.3, -0.25) is 4.79 Å². The van der Waals surface area contributed by atoms with Crippen molar-refractivity contribution < 1.29 is 14.6 Å².